The molecule has 3 saturated carbocycles. The van der Waals surface area contributed by atoms with E-state index >= 15 is 0 Å². The maximum Gasteiger partial charge on any atom is 0.496 e. The van der Waals surface area contributed by atoms with Crippen LogP contribution in [-0.2, 0) is 44.5 Å². The monoisotopic (exact) mass is 1710 g/mol. The SMILES string of the molecule is CC1(C)OB(c2ccc(CN3CCOc4cc(C5CC5)cc(F)c4C3=O)nc2)OC1(C)C.CCc1ccc(Br)cn1.CS(=O)(=O)Cl.Nc1nccc(Cl)c1[N+](=O)[O-].O=C1NCCOc2cc(C3CC3)cc(F)c21.O=C1c2c(F)cc(C3CC3)cc2OCCN1Cc1ccc(Br)cn1.OCc1ccc(Br)cn1. The van der Waals surface area contributed by atoms with E-state index in [0.717, 1.165) is 98.2 Å². The van der Waals surface area contributed by atoms with Crippen LogP contribution in [0.5, 0.6) is 17.2 Å². The first-order valence-electron chi connectivity index (χ1n) is 33.7. The summed E-state index contributed by atoms with van der Waals surface area (Å²) in [6.07, 6.45) is 16.6. The number of halogens is 8. The number of amides is 3. The van der Waals surface area contributed by atoms with Gasteiger partial charge in [-0.2, -0.15) is 0 Å². The fourth-order valence-corrected chi connectivity index (χ4v) is 11.7. The predicted octanol–water partition coefficient (Wildman–Crippen LogP) is 14.3. The number of nitrogen functional groups attached to an aromatic ring is 1. The van der Waals surface area contributed by atoms with Gasteiger partial charge in [-0.3, -0.25) is 44.4 Å². The number of nitrogens with one attached hydrogen (secondary N) is 1. The molecule has 3 aromatic carbocycles. The molecular formula is C73H77BBr3Cl2F3N10O13S. The lowest BCUT2D eigenvalue weighted by Crippen LogP contribution is -2.41. The van der Waals surface area contributed by atoms with Crippen molar-refractivity contribution in [1.29, 1.82) is 0 Å². The zero-order chi connectivity index (χ0) is 76.8. The van der Waals surface area contributed by atoms with Crippen molar-refractivity contribution in [2.45, 2.75) is 128 Å². The van der Waals surface area contributed by atoms with Crippen LogP contribution >= 0.6 is 70.1 Å². The van der Waals surface area contributed by atoms with Crippen LogP contribution < -0.4 is 30.7 Å². The number of nitro groups is 1. The molecule has 8 aromatic rings. The third-order valence-electron chi connectivity index (χ3n) is 17.5. The highest BCUT2D eigenvalue weighted by Crippen LogP contribution is 2.46. The number of nitrogens with zero attached hydrogens (tertiary/aromatic N) is 8. The number of aromatic nitrogens is 5. The number of hydrogen-bond donors (Lipinski definition) is 3. The second kappa shape index (κ2) is 36.8. The zero-order valence-electron chi connectivity index (χ0n) is 58.6. The van der Waals surface area contributed by atoms with Crippen LogP contribution in [0.3, 0.4) is 0 Å². The average Bonchev–Trinajstić information content (AvgIpc) is 1.28. The third kappa shape index (κ3) is 23.3. The Labute approximate surface area is 647 Å². The zero-order valence-corrected chi connectivity index (χ0v) is 65.7. The number of carbonyl (C=O) groups excluding carboxylic acids is 3. The van der Waals surface area contributed by atoms with Crippen molar-refractivity contribution in [2.24, 2.45) is 0 Å². The molecule has 5 aromatic heterocycles. The molecule has 9 heterocycles. The fourth-order valence-electron chi connectivity index (χ4n) is 10.8. The minimum Gasteiger partial charge on any atom is -0.491 e. The Kier molecular flexibility index (Phi) is 28.5. The van der Waals surface area contributed by atoms with Crippen LogP contribution in [0.2, 0.25) is 5.02 Å². The second-order valence-electron chi connectivity index (χ2n) is 26.3. The number of pyridine rings is 5. The standard InChI is InChI=1S/C24H28BFN2O4.C18H16BrFN2O2.C12H12FNO2.C7H8BrN.C6H6BrNO.C5H4ClN3O2.CH3ClO2S/c1-23(2)24(3,4)32-25(31-23)17-7-8-18(27-13-17)14-28-9-10-30-20-12-16(15-5-6-15)11-19(26)21(20)22(28)29;19-13-3-4-14(21-9-13)10-22-5-6-24-16-8-12(11-1-2-11)7-15(20)17(16)18(22)23;13-9-5-8(7-1-2-7)6-10-11(9)12(15)14-3-4-16-10;1-2-7-4-3-6(8)5-9-7;7-5-1-2-6(4-9)8-3-5;6-3-1-2-8-5(7)4(3)9(10)11;1-5(2,3)4/h7-8,11-13,15H,5-6,9-10,14H2,1-4H3;3-4,7-9,11H,1-2,5-6,10H2;5-7H,1-4H2,(H,14,15);3-5H,2H2,1H3;1-3,9H,4H2;1-2H,(H2,7,8);1H3. The van der Waals surface area contributed by atoms with Crippen molar-refractivity contribution in [1.82, 2.24) is 40.0 Å². The van der Waals surface area contributed by atoms with Gasteiger partial charge in [0.05, 0.1) is 78.8 Å². The summed E-state index contributed by atoms with van der Waals surface area (Å²) in [6, 6.07) is 26.3. The highest BCUT2D eigenvalue weighted by Gasteiger charge is 2.52. The third-order valence-corrected chi connectivity index (χ3v) is 19.3. The number of ether oxygens (including phenoxy) is 3. The maximum absolute atomic E-state index is 14.8. The second-order valence-corrected chi connectivity index (χ2v) is 32.5. The molecule has 4 fully saturated rings. The van der Waals surface area contributed by atoms with Crippen LogP contribution in [0.1, 0.15) is 161 Å². The summed E-state index contributed by atoms with van der Waals surface area (Å²) < 4.78 is 93.8. The van der Waals surface area contributed by atoms with Crippen LogP contribution in [-0.4, -0.2) is 135 Å². The Hall–Kier alpha value is -7.88. The van der Waals surface area contributed by atoms with Gasteiger partial charge in [0.15, 0.2) is 0 Å². The number of aryl methyl sites for hydroxylation is 1. The Morgan fingerprint density at radius 3 is 1.40 bits per heavy atom. The maximum atomic E-state index is 14.8. The lowest BCUT2D eigenvalue weighted by atomic mass is 9.80. The molecule has 0 atom stereocenters. The Morgan fingerprint density at radius 2 is 1.03 bits per heavy atom. The summed E-state index contributed by atoms with van der Waals surface area (Å²) >= 11 is 15.3. The lowest BCUT2D eigenvalue weighted by Gasteiger charge is -2.32. The van der Waals surface area contributed by atoms with Crippen LogP contribution in [0.15, 0.2) is 135 Å². The highest BCUT2D eigenvalue weighted by molar-refractivity contribution is 9.11. The molecule has 106 heavy (non-hydrogen) atoms. The summed E-state index contributed by atoms with van der Waals surface area (Å²) in [7, 11) is 0.818. The Balaban J connectivity index is 0.000000155. The predicted molar refractivity (Wildman–Crippen MR) is 405 cm³/mol. The number of aliphatic hydroxyl groups is 1. The van der Waals surface area contributed by atoms with Crippen molar-refractivity contribution in [3.05, 3.63) is 224 Å². The van der Waals surface area contributed by atoms with Gasteiger partial charge in [0.2, 0.25) is 14.9 Å². The summed E-state index contributed by atoms with van der Waals surface area (Å²) in [5.74, 6) is -0.368. The normalized spacial score (nSPS) is 16.6. The largest absolute Gasteiger partial charge is 0.496 e. The number of benzene rings is 3. The molecule has 562 valence electrons. The minimum atomic E-state index is -3.19. The van der Waals surface area contributed by atoms with Crippen molar-refractivity contribution in [2.75, 3.05) is 51.4 Å². The summed E-state index contributed by atoms with van der Waals surface area (Å²) in [5, 5.41) is 21.4. The average molecular weight is 1710 g/mol. The van der Waals surface area contributed by atoms with Gasteiger partial charge >= 0.3 is 12.8 Å². The van der Waals surface area contributed by atoms with E-state index in [9.17, 15) is 46.1 Å². The van der Waals surface area contributed by atoms with Gasteiger partial charge < -0.3 is 49.5 Å². The Morgan fingerprint density at radius 1 is 0.632 bits per heavy atom. The first-order valence-corrected chi connectivity index (χ1v) is 39.2. The minimum absolute atomic E-state index is 0.00231. The van der Waals surface area contributed by atoms with E-state index < -0.39 is 49.7 Å². The van der Waals surface area contributed by atoms with E-state index in [1.165, 1.54) is 30.5 Å². The van der Waals surface area contributed by atoms with Gasteiger partial charge in [-0.15, -0.1) is 0 Å². The molecule has 4 aliphatic heterocycles. The molecule has 7 aliphatic rings. The molecule has 4 N–H and O–H groups in total. The number of hydrogen-bond acceptors (Lipinski definition) is 19. The highest BCUT2D eigenvalue weighted by atomic mass is 79.9. The molecule has 1 saturated heterocycles. The molecule has 3 amide bonds. The quantitative estimate of drug-likeness (QED) is 0.0469. The molecule has 23 nitrogen and oxygen atoms in total. The topological polar surface area (TPSA) is 304 Å². The van der Waals surface area contributed by atoms with E-state index in [0.29, 0.717) is 92.4 Å². The number of carbonyl (C=O) groups is 3. The van der Waals surface area contributed by atoms with E-state index in [4.69, 9.17) is 46.0 Å². The number of fused-ring (bicyclic) bond motifs is 3. The smallest absolute Gasteiger partial charge is 0.491 e. The molecule has 3 aliphatic carbocycles. The molecule has 33 heteroatoms. The molecule has 15 rings (SSSR count). The van der Waals surface area contributed by atoms with E-state index in [2.05, 4.69) is 95.6 Å². The van der Waals surface area contributed by atoms with Crippen molar-refractivity contribution >= 4 is 121 Å². The van der Waals surface area contributed by atoms with Gasteiger partial charge in [0.1, 0.15) is 76.2 Å². The Bertz CT molecular complexity index is 4470. The summed E-state index contributed by atoms with van der Waals surface area (Å²) in [4.78, 5) is 70.6. The number of nitrogens with two attached hydrogens (primary N) is 1. The lowest BCUT2D eigenvalue weighted by molar-refractivity contribution is -0.384. The number of rotatable bonds is 11. The van der Waals surface area contributed by atoms with E-state index in [1.54, 1.807) is 40.5 Å². The van der Waals surface area contributed by atoms with Crippen LogP contribution in [0, 0.1) is 27.6 Å². The first-order chi connectivity index (χ1) is 50.3. The molecule has 0 bridgehead atoms. The molecule has 0 unspecified atom stereocenters. The molecular weight excluding hydrogens is 1640 g/mol. The van der Waals surface area contributed by atoms with Gasteiger partial charge in [-0.1, -0.05) is 24.6 Å². The molecule has 0 radical (unpaired) electrons. The summed E-state index contributed by atoms with van der Waals surface area (Å²) in [6.45, 7) is 13.0. The number of anilines is 1. The van der Waals surface area contributed by atoms with Crippen molar-refractivity contribution < 1.29 is 69.5 Å². The van der Waals surface area contributed by atoms with Crippen LogP contribution in [0.4, 0.5) is 24.7 Å². The first kappa shape index (κ1) is 82.2. The van der Waals surface area contributed by atoms with Gasteiger partial charge in [-0.25, -0.2) is 26.6 Å². The van der Waals surface area contributed by atoms with Crippen molar-refractivity contribution in [3.63, 3.8) is 0 Å². The van der Waals surface area contributed by atoms with E-state index in [-0.39, 0.29) is 64.1 Å². The van der Waals surface area contributed by atoms with Gasteiger partial charge in [0, 0.05) is 66.2 Å². The fraction of sp³-hybridized carbons (Fsp3) is 0.370. The summed E-state index contributed by atoms with van der Waals surface area (Å²) in [5.41, 5.74) is 11.0. The van der Waals surface area contributed by atoms with E-state index in [1.807, 2.05) is 88.5 Å². The van der Waals surface area contributed by atoms with Crippen LogP contribution in [0.25, 0.3) is 0 Å². The van der Waals surface area contributed by atoms with Gasteiger partial charge in [0.25, 0.3) is 17.7 Å². The number of aliphatic hydroxyl groups excluding tert-OH is 1. The molecule has 0 spiro atoms. The van der Waals surface area contributed by atoms with Gasteiger partial charge in [-0.05, 0) is 240 Å². The van der Waals surface area contributed by atoms with Crippen molar-refractivity contribution in [3.8, 4) is 17.2 Å².